The number of rotatable bonds is 3. The summed E-state index contributed by atoms with van der Waals surface area (Å²) in [7, 11) is 0. The molecule has 0 radical (unpaired) electrons. The molecule has 0 aromatic carbocycles. The van der Waals surface area contributed by atoms with E-state index in [1.54, 1.807) is 6.33 Å². The number of anilines is 1. The van der Waals surface area contributed by atoms with Crippen molar-refractivity contribution in [2.75, 3.05) is 5.32 Å². The molecule has 0 aliphatic carbocycles. The van der Waals surface area contributed by atoms with Crippen LogP contribution in [0.25, 0.3) is 0 Å². The lowest BCUT2D eigenvalue weighted by atomic mass is 10.1. The van der Waals surface area contributed by atoms with Gasteiger partial charge in [-0.1, -0.05) is 19.8 Å². The minimum atomic E-state index is -0.00934. The van der Waals surface area contributed by atoms with Crippen LogP contribution in [-0.4, -0.2) is 16.0 Å². The minimum Gasteiger partial charge on any atom is -0.357 e. The van der Waals surface area contributed by atoms with E-state index in [2.05, 4.69) is 35.1 Å². The molecule has 1 unspecified atom stereocenters. The molecule has 1 aromatic heterocycles. The molecular weight excluding hydrogens is 174 g/mol. The summed E-state index contributed by atoms with van der Waals surface area (Å²) in [6.45, 7) is 6.10. The van der Waals surface area contributed by atoms with Crippen molar-refractivity contribution in [1.29, 1.82) is 0 Å². The van der Waals surface area contributed by atoms with Gasteiger partial charge in [-0.2, -0.15) is 0 Å². The maximum atomic E-state index is 5.26. The van der Waals surface area contributed by atoms with E-state index < -0.39 is 0 Å². The Morgan fingerprint density at radius 3 is 2.64 bits per heavy atom. The number of nitrogens with zero attached hydrogens (tertiary/aromatic N) is 2. The van der Waals surface area contributed by atoms with Gasteiger partial charge in [-0.05, 0) is 12.8 Å². The highest BCUT2D eigenvalue weighted by atomic mass is 15.0. The van der Waals surface area contributed by atoms with E-state index >= 15 is 0 Å². The monoisotopic (exact) mass is 189 g/mol. The fourth-order valence-electron chi connectivity index (χ4n) is 1.03. The van der Waals surface area contributed by atoms with Crippen LogP contribution in [0, 0.1) is 12.3 Å². The van der Waals surface area contributed by atoms with Crippen molar-refractivity contribution in [2.24, 2.45) is 0 Å². The van der Waals surface area contributed by atoms with E-state index in [0.29, 0.717) is 5.92 Å². The molecule has 74 valence electrons. The fraction of sp³-hybridized carbons (Fsp3) is 0.455. The molecule has 3 heteroatoms. The van der Waals surface area contributed by atoms with Crippen LogP contribution in [0.4, 0.5) is 5.82 Å². The zero-order valence-corrected chi connectivity index (χ0v) is 8.78. The first-order chi connectivity index (χ1) is 6.63. The molecule has 0 saturated carbocycles. The average molecular weight is 189 g/mol. The Labute approximate surface area is 85.0 Å². The van der Waals surface area contributed by atoms with Crippen LogP contribution in [-0.2, 0) is 0 Å². The van der Waals surface area contributed by atoms with E-state index in [-0.39, 0.29) is 6.04 Å². The van der Waals surface area contributed by atoms with Crippen LogP contribution in [0.5, 0.6) is 0 Å². The molecule has 1 heterocycles. The molecular formula is C11H15N3. The summed E-state index contributed by atoms with van der Waals surface area (Å²) in [5.74, 6) is 3.78. The van der Waals surface area contributed by atoms with Gasteiger partial charge in [0.1, 0.15) is 12.1 Å². The molecule has 3 nitrogen and oxygen atoms in total. The highest BCUT2D eigenvalue weighted by Gasteiger charge is 2.03. The Bertz CT molecular complexity index is 339. The van der Waals surface area contributed by atoms with Gasteiger partial charge in [-0.3, -0.25) is 0 Å². The second-order valence-electron chi connectivity index (χ2n) is 3.52. The second kappa shape index (κ2) is 4.61. The van der Waals surface area contributed by atoms with Crippen LogP contribution in [0.3, 0.4) is 0 Å². The molecule has 0 amide bonds. The third-order valence-electron chi connectivity index (χ3n) is 1.89. The zero-order chi connectivity index (χ0) is 10.6. The van der Waals surface area contributed by atoms with E-state index in [0.717, 1.165) is 11.5 Å². The Balaban J connectivity index is 2.79. The molecule has 14 heavy (non-hydrogen) atoms. The molecule has 0 fully saturated rings. The number of terminal acetylenes is 1. The summed E-state index contributed by atoms with van der Waals surface area (Å²) in [5.41, 5.74) is 1.02. The SMILES string of the molecule is C#CC(C)Nc1cc(C(C)C)ncn1. The molecule has 1 N–H and O–H groups in total. The normalized spacial score (nSPS) is 12.2. The summed E-state index contributed by atoms with van der Waals surface area (Å²) in [6.07, 6.45) is 6.82. The molecule has 0 bridgehead atoms. The Kier molecular flexibility index (Phi) is 3.47. The number of hydrogen-bond acceptors (Lipinski definition) is 3. The van der Waals surface area contributed by atoms with Gasteiger partial charge in [0, 0.05) is 11.8 Å². The fourth-order valence-corrected chi connectivity index (χ4v) is 1.03. The van der Waals surface area contributed by atoms with E-state index in [1.807, 2.05) is 13.0 Å². The summed E-state index contributed by atoms with van der Waals surface area (Å²) in [4.78, 5) is 8.26. The molecule has 1 atom stereocenters. The smallest absolute Gasteiger partial charge is 0.130 e. The molecule has 0 aliphatic heterocycles. The van der Waals surface area contributed by atoms with Gasteiger partial charge in [0.2, 0.25) is 0 Å². The molecule has 1 aromatic rings. The van der Waals surface area contributed by atoms with Crippen molar-refractivity contribution >= 4 is 5.82 Å². The lowest BCUT2D eigenvalue weighted by molar-refractivity contribution is 0.812. The first kappa shape index (κ1) is 10.5. The van der Waals surface area contributed by atoms with Crippen LogP contribution < -0.4 is 5.32 Å². The van der Waals surface area contributed by atoms with Crippen molar-refractivity contribution in [3.05, 3.63) is 18.1 Å². The summed E-state index contributed by atoms with van der Waals surface area (Å²) >= 11 is 0. The predicted octanol–water partition coefficient (Wildman–Crippen LogP) is 2.03. The van der Waals surface area contributed by atoms with Gasteiger partial charge >= 0.3 is 0 Å². The summed E-state index contributed by atoms with van der Waals surface area (Å²) in [5, 5.41) is 3.10. The zero-order valence-electron chi connectivity index (χ0n) is 8.78. The first-order valence-corrected chi connectivity index (χ1v) is 4.68. The highest BCUT2D eigenvalue weighted by molar-refractivity contribution is 5.38. The second-order valence-corrected chi connectivity index (χ2v) is 3.52. The van der Waals surface area contributed by atoms with Crippen molar-refractivity contribution < 1.29 is 0 Å². The van der Waals surface area contributed by atoms with Crippen LogP contribution in [0.2, 0.25) is 0 Å². The van der Waals surface area contributed by atoms with Crippen molar-refractivity contribution in [3.8, 4) is 12.3 Å². The summed E-state index contributed by atoms with van der Waals surface area (Å²) < 4.78 is 0. The van der Waals surface area contributed by atoms with Gasteiger partial charge in [0.05, 0.1) is 6.04 Å². The largest absolute Gasteiger partial charge is 0.357 e. The molecule has 0 saturated heterocycles. The number of nitrogens with one attached hydrogen (secondary N) is 1. The van der Waals surface area contributed by atoms with E-state index in [9.17, 15) is 0 Å². The van der Waals surface area contributed by atoms with Crippen molar-refractivity contribution in [3.63, 3.8) is 0 Å². The van der Waals surface area contributed by atoms with Gasteiger partial charge in [0.15, 0.2) is 0 Å². The lowest BCUT2D eigenvalue weighted by Crippen LogP contribution is -2.13. The lowest BCUT2D eigenvalue weighted by Gasteiger charge is -2.10. The molecule has 0 spiro atoms. The quantitative estimate of drug-likeness (QED) is 0.739. The Morgan fingerprint density at radius 1 is 1.36 bits per heavy atom. The standard InChI is InChI=1S/C11H15N3/c1-5-9(4)14-11-6-10(8(2)3)12-7-13-11/h1,6-9H,2-4H3,(H,12,13,14). The average Bonchev–Trinajstić information content (AvgIpc) is 2.18. The third kappa shape index (κ3) is 2.74. The van der Waals surface area contributed by atoms with Crippen LogP contribution >= 0.6 is 0 Å². The maximum Gasteiger partial charge on any atom is 0.130 e. The maximum absolute atomic E-state index is 5.26. The molecule has 1 rings (SSSR count). The van der Waals surface area contributed by atoms with Gasteiger partial charge in [0.25, 0.3) is 0 Å². The topological polar surface area (TPSA) is 37.8 Å². The number of aromatic nitrogens is 2. The van der Waals surface area contributed by atoms with Gasteiger partial charge in [-0.25, -0.2) is 9.97 Å². The number of hydrogen-bond donors (Lipinski definition) is 1. The van der Waals surface area contributed by atoms with Crippen LogP contribution in [0.1, 0.15) is 32.4 Å². The van der Waals surface area contributed by atoms with Crippen molar-refractivity contribution in [2.45, 2.75) is 32.7 Å². The Hall–Kier alpha value is -1.56. The van der Waals surface area contributed by atoms with E-state index in [4.69, 9.17) is 6.42 Å². The first-order valence-electron chi connectivity index (χ1n) is 4.68. The van der Waals surface area contributed by atoms with Gasteiger partial charge in [-0.15, -0.1) is 6.42 Å². The van der Waals surface area contributed by atoms with Crippen LogP contribution in [0.15, 0.2) is 12.4 Å². The van der Waals surface area contributed by atoms with E-state index in [1.165, 1.54) is 0 Å². The predicted molar refractivity (Wildman–Crippen MR) is 58.0 cm³/mol. The minimum absolute atomic E-state index is 0.00934. The highest BCUT2D eigenvalue weighted by Crippen LogP contribution is 2.13. The summed E-state index contributed by atoms with van der Waals surface area (Å²) in [6, 6.07) is 1.92. The van der Waals surface area contributed by atoms with Gasteiger partial charge < -0.3 is 5.32 Å². The van der Waals surface area contributed by atoms with Crippen molar-refractivity contribution in [1.82, 2.24) is 9.97 Å². The third-order valence-corrected chi connectivity index (χ3v) is 1.89. The molecule has 0 aliphatic rings. The Morgan fingerprint density at radius 2 is 2.07 bits per heavy atom.